The number of furan rings is 1. The lowest BCUT2D eigenvalue weighted by Gasteiger charge is -2.14. The van der Waals surface area contributed by atoms with Crippen molar-refractivity contribution in [3.63, 3.8) is 0 Å². The van der Waals surface area contributed by atoms with Crippen molar-refractivity contribution >= 4 is 36.8 Å². The van der Waals surface area contributed by atoms with Crippen LogP contribution in [0.25, 0.3) is 22.4 Å². The topological polar surface area (TPSA) is 102 Å². The number of hydrogen-bond acceptors (Lipinski definition) is 8. The highest BCUT2D eigenvalue weighted by Gasteiger charge is 2.23. The smallest absolute Gasteiger partial charge is 0.351 e. The normalized spacial score (nSPS) is 14.4. The Morgan fingerprint density at radius 3 is 2.45 bits per heavy atom. The van der Waals surface area contributed by atoms with E-state index in [1.54, 1.807) is 18.3 Å². The molecule has 0 radical (unpaired) electrons. The minimum atomic E-state index is -3.39. The third-order valence-electron chi connectivity index (χ3n) is 4.57. The summed E-state index contributed by atoms with van der Waals surface area (Å²) >= 11 is 0. The molecule has 3 rings (SSSR count). The SMILES string of the molecule is CCCc1ccc(-c2cc3cn(C/C=C/CP(=O)(OPOC)OPOC)c(=O)nc3o2)cc1. The zero-order valence-electron chi connectivity index (χ0n) is 18.6. The summed E-state index contributed by atoms with van der Waals surface area (Å²) in [6, 6.07) is 10.0. The molecule has 0 aliphatic heterocycles. The fraction of sp³-hybridized carbons (Fsp3) is 0.333. The lowest BCUT2D eigenvalue weighted by atomic mass is 10.1. The van der Waals surface area contributed by atoms with Gasteiger partial charge in [-0.1, -0.05) is 49.8 Å². The number of allylic oxidation sites excluding steroid dienone is 2. The molecule has 0 saturated heterocycles. The first kappa shape index (κ1) is 25.9. The third-order valence-corrected chi connectivity index (χ3v) is 8.39. The summed E-state index contributed by atoms with van der Waals surface area (Å²) in [5, 5.41) is 0.718. The van der Waals surface area contributed by atoms with E-state index in [9.17, 15) is 9.36 Å². The van der Waals surface area contributed by atoms with Crippen molar-refractivity contribution in [1.82, 2.24) is 9.55 Å². The van der Waals surface area contributed by atoms with E-state index in [0.717, 1.165) is 23.8 Å². The van der Waals surface area contributed by atoms with E-state index in [1.165, 1.54) is 24.4 Å². The van der Waals surface area contributed by atoms with Gasteiger partial charge in [-0.05, 0) is 18.1 Å². The van der Waals surface area contributed by atoms with Crippen LogP contribution >= 0.6 is 25.7 Å². The van der Waals surface area contributed by atoms with E-state index in [-0.39, 0.29) is 12.7 Å². The monoisotopic (exact) mass is 512 g/mol. The van der Waals surface area contributed by atoms with Crippen LogP contribution in [-0.4, -0.2) is 29.9 Å². The molecule has 9 nitrogen and oxygen atoms in total. The molecule has 0 spiro atoms. The van der Waals surface area contributed by atoms with Crippen molar-refractivity contribution in [2.45, 2.75) is 26.3 Å². The first-order chi connectivity index (χ1) is 16.0. The number of aromatic nitrogens is 2. The number of benzene rings is 1. The highest BCUT2D eigenvalue weighted by molar-refractivity contribution is 7.63. The fourth-order valence-corrected chi connectivity index (χ4v) is 6.01. The molecule has 33 heavy (non-hydrogen) atoms. The van der Waals surface area contributed by atoms with Gasteiger partial charge in [0.1, 0.15) is 5.76 Å². The Morgan fingerprint density at radius 1 is 1.12 bits per heavy atom. The summed E-state index contributed by atoms with van der Waals surface area (Å²) in [4.78, 5) is 16.4. The molecule has 1 aromatic carbocycles. The van der Waals surface area contributed by atoms with Gasteiger partial charge in [0.25, 0.3) is 0 Å². The van der Waals surface area contributed by atoms with Crippen molar-refractivity contribution in [2.75, 3.05) is 20.4 Å². The van der Waals surface area contributed by atoms with Gasteiger partial charge in [-0.15, -0.1) is 0 Å². The van der Waals surface area contributed by atoms with Crippen LogP contribution in [0.1, 0.15) is 18.9 Å². The summed E-state index contributed by atoms with van der Waals surface area (Å²) in [6.07, 6.45) is 7.17. The molecule has 0 N–H and O–H groups in total. The number of hydrogen-bond donors (Lipinski definition) is 0. The van der Waals surface area contributed by atoms with Gasteiger partial charge in [-0.2, -0.15) is 4.98 Å². The maximum Gasteiger partial charge on any atom is 0.351 e. The lowest BCUT2D eigenvalue weighted by molar-refractivity contribution is 0.355. The second kappa shape index (κ2) is 12.7. The zero-order chi connectivity index (χ0) is 23.7. The zero-order valence-corrected chi connectivity index (χ0v) is 21.5. The Balaban J connectivity index is 1.71. The van der Waals surface area contributed by atoms with E-state index in [4.69, 9.17) is 22.1 Å². The maximum absolute atomic E-state index is 12.6. The van der Waals surface area contributed by atoms with Crippen molar-refractivity contribution in [2.24, 2.45) is 0 Å². The van der Waals surface area contributed by atoms with Crippen LogP contribution < -0.4 is 5.69 Å². The van der Waals surface area contributed by atoms with E-state index >= 15 is 0 Å². The molecule has 0 amide bonds. The Morgan fingerprint density at radius 2 is 1.82 bits per heavy atom. The number of nitrogens with zero attached hydrogens (tertiary/aromatic N) is 2. The third kappa shape index (κ3) is 7.40. The average Bonchev–Trinajstić information content (AvgIpc) is 3.22. The van der Waals surface area contributed by atoms with Crippen LogP contribution in [0.4, 0.5) is 0 Å². The van der Waals surface area contributed by atoms with Gasteiger partial charge in [0, 0.05) is 32.5 Å². The molecule has 0 bridgehead atoms. The van der Waals surface area contributed by atoms with Crippen LogP contribution in [0.5, 0.6) is 0 Å². The number of aryl methyl sites for hydroxylation is 1. The standard InChI is InChI=1S/C21H27N2O7P3/c1-4-7-16-8-10-17(11-9-16)19-14-18-15-23(21(24)22-20(18)28-19)12-5-6-13-33(25,29-31-26-2)30-32-27-3/h5-6,8-11,14-15,31-32H,4,7,12-13H2,1-3H3/b6-5+. The quantitative estimate of drug-likeness (QED) is 0.212. The predicted molar refractivity (Wildman–Crippen MR) is 132 cm³/mol. The molecular weight excluding hydrogens is 485 g/mol. The molecule has 2 aromatic heterocycles. The fourth-order valence-electron chi connectivity index (χ4n) is 3.02. The summed E-state index contributed by atoms with van der Waals surface area (Å²) < 4.78 is 40.0. The summed E-state index contributed by atoms with van der Waals surface area (Å²) in [5.74, 6) is 0.654. The number of fused-ring (bicyclic) bond motifs is 1. The van der Waals surface area contributed by atoms with Crippen molar-refractivity contribution < 1.29 is 26.7 Å². The Hall–Kier alpha value is -1.69. The molecule has 0 saturated carbocycles. The molecule has 3 aromatic rings. The minimum Gasteiger partial charge on any atom is -0.437 e. The van der Waals surface area contributed by atoms with Gasteiger partial charge in [0.05, 0.1) is 11.5 Å². The molecule has 2 atom stereocenters. The minimum absolute atomic E-state index is 0.0219. The second-order valence-corrected chi connectivity index (χ2v) is 11.2. The van der Waals surface area contributed by atoms with Crippen LogP contribution in [-0.2, 0) is 35.2 Å². The molecule has 2 unspecified atom stereocenters. The lowest BCUT2D eigenvalue weighted by Crippen LogP contribution is -2.21. The van der Waals surface area contributed by atoms with Gasteiger partial charge >= 0.3 is 13.3 Å². The van der Waals surface area contributed by atoms with Crippen LogP contribution in [0.15, 0.2) is 57.9 Å². The molecular formula is C21H27N2O7P3. The first-order valence-electron chi connectivity index (χ1n) is 10.3. The van der Waals surface area contributed by atoms with E-state index in [0.29, 0.717) is 11.5 Å². The van der Waals surface area contributed by atoms with Gasteiger partial charge in [-0.3, -0.25) is 17.8 Å². The largest absolute Gasteiger partial charge is 0.437 e. The molecule has 0 aliphatic carbocycles. The Bertz CT molecular complexity index is 1160. The van der Waals surface area contributed by atoms with Crippen molar-refractivity contribution in [1.29, 1.82) is 0 Å². The summed E-state index contributed by atoms with van der Waals surface area (Å²) in [5.41, 5.74) is 2.05. The van der Waals surface area contributed by atoms with Gasteiger partial charge in [0.2, 0.25) is 5.71 Å². The van der Waals surface area contributed by atoms with Gasteiger partial charge in [0.15, 0.2) is 18.1 Å². The molecule has 2 heterocycles. The van der Waals surface area contributed by atoms with E-state index in [2.05, 4.69) is 24.0 Å². The molecule has 178 valence electrons. The maximum atomic E-state index is 12.6. The second-order valence-electron chi connectivity index (χ2n) is 7.02. The Kier molecular flexibility index (Phi) is 9.96. The molecule has 0 fully saturated rings. The van der Waals surface area contributed by atoms with Crippen molar-refractivity contribution in [3.8, 4) is 11.3 Å². The molecule has 0 aliphatic rings. The van der Waals surface area contributed by atoms with Crippen LogP contribution in [0, 0.1) is 0 Å². The van der Waals surface area contributed by atoms with Crippen LogP contribution in [0.3, 0.4) is 0 Å². The highest BCUT2D eigenvalue weighted by atomic mass is 31.3. The summed E-state index contributed by atoms with van der Waals surface area (Å²) in [7, 11) is -1.33. The highest BCUT2D eigenvalue weighted by Crippen LogP contribution is 2.57. The Labute approximate surface area is 195 Å². The van der Waals surface area contributed by atoms with Gasteiger partial charge in [-0.25, -0.2) is 4.79 Å². The predicted octanol–water partition coefficient (Wildman–Crippen LogP) is 5.70. The summed E-state index contributed by atoms with van der Waals surface area (Å²) in [6.45, 7) is 2.39. The van der Waals surface area contributed by atoms with Gasteiger partial charge < -0.3 is 13.5 Å². The average molecular weight is 512 g/mol. The van der Waals surface area contributed by atoms with E-state index < -0.39 is 31.4 Å². The number of rotatable bonds is 13. The van der Waals surface area contributed by atoms with E-state index in [1.807, 2.05) is 18.2 Å². The van der Waals surface area contributed by atoms with Crippen LogP contribution in [0.2, 0.25) is 0 Å². The van der Waals surface area contributed by atoms with Crippen molar-refractivity contribution in [3.05, 3.63) is 64.7 Å². The first-order valence-corrected chi connectivity index (χ1v) is 13.6. The molecule has 12 heteroatoms.